The molecule has 0 radical (unpaired) electrons. The number of nitrogens with zero attached hydrogens (tertiary/aromatic N) is 1. The first-order valence-corrected chi connectivity index (χ1v) is 6.43. The number of aliphatic hydroxyl groups excluding tert-OH is 1. The van der Waals surface area contributed by atoms with Crippen LogP contribution in [0.15, 0.2) is 18.2 Å². The van der Waals surface area contributed by atoms with Crippen LogP contribution in [-0.4, -0.2) is 57.5 Å². The molecule has 5 heteroatoms. The van der Waals surface area contributed by atoms with Gasteiger partial charge in [-0.15, -0.1) is 0 Å². The zero-order valence-electron chi connectivity index (χ0n) is 12.0. The molecule has 0 spiro atoms. The van der Waals surface area contributed by atoms with Crippen LogP contribution in [0.1, 0.15) is 5.56 Å². The lowest BCUT2D eigenvalue weighted by Gasteiger charge is -2.15. The van der Waals surface area contributed by atoms with E-state index in [2.05, 4.69) is 10.2 Å². The van der Waals surface area contributed by atoms with Crippen molar-refractivity contribution in [2.45, 2.75) is 6.54 Å². The lowest BCUT2D eigenvalue weighted by Crippen LogP contribution is -2.21. The summed E-state index contributed by atoms with van der Waals surface area (Å²) in [5, 5.41) is 11.9. The summed E-state index contributed by atoms with van der Waals surface area (Å²) in [5.41, 5.74) is 1.06. The molecule has 5 nitrogen and oxygen atoms in total. The molecule has 0 unspecified atom stereocenters. The Morgan fingerprint density at radius 1 is 1.32 bits per heavy atom. The molecule has 0 heterocycles. The van der Waals surface area contributed by atoms with Gasteiger partial charge in [0.1, 0.15) is 18.1 Å². The normalized spacial score (nSPS) is 10.8. The first-order chi connectivity index (χ1) is 9.17. The molecule has 0 atom stereocenters. The number of methoxy groups -OCH3 is 1. The molecule has 0 fully saturated rings. The number of aliphatic hydroxyl groups is 1. The minimum Gasteiger partial charge on any atom is -0.497 e. The van der Waals surface area contributed by atoms with Gasteiger partial charge in [-0.1, -0.05) is 6.07 Å². The number of rotatable bonds is 9. The molecule has 1 aromatic carbocycles. The Kier molecular flexibility index (Phi) is 7.25. The minimum atomic E-state index is 0.132. The van der Waals surface area contributed by atoms with Gasteiger partial charge in [0.15, 0.2) is 0 Å². The maximum atomic E-state index is 8.78. The van der Waals surface area contributed by atoms with Gasteiger partial charge in [-0.25, -0.2) is 0 Å². The summed E-state index contributed by atoms with van der Waals surface area (Å²) in [6, 6.07) is 5.79. The highest BCUT2D eigenvalue weighted by atomic mass is 16.5. The Hall–Kier alpha value is -1.30. The van der Waals surface area contributed by atoms with Crippen LogP contribution < -0.4 is 14.8 Å². The van der Waals surface area contributed by atoms with Crippen molar-refractivity contribution in [1.82, 2.24) is 10.2 Å². The summed E-state index contributed by atoms with van der Waals surface area (Å²) in [5.74, 6) is 1.61. The zero-order chi connectivity index (χ0) is 14.1. The quantitative estimate of drug-likeness (QED) is 0.646. The third-order valence-electron chi connectivity index (χ3n) is 2.67. The molecule has 2 N–H and O–H groups in total. The molecule has 0 saturated heterocycles. The van der Waals surface area contributed by atoms with Gasteiger partial charge < -0.3 is 24.8 Å². The maximum absolute atomic E-state index is 8.78. The van der Waals surface area contributed by atoms with Crippen molar-refractivity contribution in [3.05, 3.63) is 23.8 Å². The zero-order valence-corrected chi connectivity index (χ0v) is 12.0. The van der Waals surface area contributed by atoms with Gasteiger partial charge in [-0.3, -0.25) is 0 Å². The number of hydrogen-bond donors (Lipinski definition) is 2. The van der Waals surface area contributed by atoms with Crippen LogP contribution in [0.3, 0.4) is 0 Å². The number of benzene rings is 1. The van der Waals surface area contributed by atoms with Crippen LogP contribution in [0.25, 0.3) is 0 Å². The van der Waals surface area contributed by atoms with Crippen LogP contribution >= 0.6 is 0 Å². The molecular weight excluding hydrogens is 244 g/mol. The second-order valence-corrected chi connectivity index (χ2v) is 4.53. The first-order valence-electron chi connectivity index (χ1n) is 6.43. The highest BCUT2D eigenvalue weighted by Gasteiger charge is 2.06. The molecule has 0 aliphatic heterocycles. The fourth-order valence-electron chi connectivity index (χ4n) is 1.58. The lowest BCUT2D eigenvalue weighted by molar-refractivity contribution is 0.257. The van der Waals surface area contributed by atoms with Gasteiger partial charge in [-0.05, 0) is 20.2 Å². The van der Waals surface area contributed by atoms with Gasteiger partial charge in [0.25, 0.3) is 0 Å². The highest BCUT2D eigenvalue weighted by molar-refractivity contribution is 5.40. The van der Waals surface area contributed by atoms with Crippen molar-refractivity contribution in [2.75, 3.05) is 47.5 Å². The SMILES string of the molecule is COc1ccc(CNCCO)c(OCCN(C)C)c1. The molecule has 1 rings (SSSR count). The monoisotopic (exact) mass is 268 g/mol. The van der Waals surface area contributed by atoms with Crippen LogP contribution in [0.2, 0.25) is 0 Å². The highest BCUT2D eigenvalue weighted by Crippen LogP contribution is 2.24. The Morgan fingerprint density at radius 2 is 2.11 bits per heavy atom. The van der Waals surface area contributed by atoms with E-state index in [1.807, 2.05) is 32.3 Å². The van der Waals surface area contributed by atoms with E-state index in [9.17, 15) is 0 Å². The van der Waals surface area contributed by atoms with E-state index in [0.717, 1.165) is 23.6 Å². The van der Waals surface area contributed by atoms with Gasteiger partial charge in [0.05, 0.1) is 13.7 Å². The Labute approximate surface area is 115 Å². The summed E-state index contributed by atoms with van der Waals surface area (Å²) in [6.45, 7) is 2.87. The van der Waals surface area contributed by atoms with Crippen LogP contribution in [-0.2, 0) is 6.54 Å². The topological polar surface area (TPSA) is 54.0 Å². The molecule has 19 heavy (non-hydrogen) atoms. The molecule has 108 valence electrons. The Morgan fingerprint density at radius 3 is 2.74 bits per heavy atom. The van der Waals surface area contributed by atoms with E-state index in [1.54, 1.807) is 7.11 Å². The van der Waals surface area contributed by atoms with Crippen molar-refractivity contribution in [3.8, 4) is 11.5 Å². The molecule has 0 aliphatic carbocycles. The number of likely N-dealkylation sites (N-methyl/N-ethyl adjacent to an activating group) is 1. The third-order valence-corrected chi connectivity index (χ3v) is 2.67. The van der Waals surface area contributed by atoms with E-state index in [0.29, 0.717) is 19.7 Å². The second kappa shape index (κ2) is 8.74. The van der Waals surface area contributed by atoms with Crippen LogP contribution in [0.4, 0.5) is 0 Å². The number of nitrogens with one attached hydrogen (secondary N) is 1. The first kappa shape index (κ1) is 15.8. The number of hydrogen-bond acceptors (Lipinski definition) is 5. The molecule has 0 aliphatic rings. The smallest absolute Gasteiger partial charge is 0.127 e. The lowest BCUT2D eigenvalue weighted by atomic mass is 10.2. The summed E-state index contributed by atoms with van der Waals surface area (Å²) >= 11 is 0. The van der Waals surface area contributed by atoms with Gasteiger partial charge in [0, 0.05) is 31.3 Å². The molecule has 0 saturated carbocycles. The summed E-state index contributed by atoms with van der Waals surface area (Å²) < 4.78 is 11.0. The molecular formula is C14H24N2O3. The maximum Gasteiger partial charge on any atom is 0.127 e. The Bertz CT molecular complexity index is 370. The van der Waals surface area contributed by atoms with Gasteiger partial charge in [-0.2, -0.15) is 0 Å². The van der Waals surface area contributed by atoms with Gasteiger partial charge in [0.2, 0.25) is 0 Å². The van der Waals surface area contributed by atoms with Crippen molar-refractivity contribution in [2.24, 2.45) is 0 Å². The molecule has 1 aromatic rings. The van der Waals surface area contributed by atoms with Crippen molar-refractivity contribution in [3.63, 3.8) is 0 Å². The average Bonchev–Trinajstić information content (AvgIpc) is 2.40. The standard InChI is InChI=1S/C14H24N2O3/c1-16(2)7-9-19-14-10-13(18-3)5-4-12(14)11-15-6-8-17/h4-5,10,15,17H,6-9,11H2,1-3H3. The number of ether oxygens (including phenoxy) is 2. The van der Waals surface area contributed by atoms with Gasteiger partial charge >= 0.3 is 0 Å². The molecule has 0 bridgehead atoms. The molecule has 0 amide bonds. The van der Waals surface area contributed by atoms with E-state index < -0.39 is 0 Å². The molecule has 0 aromatic heterocycles. The van der Waals surface area contributed by atoms with E-state index in [4.69, 9.17) is 14.6 Å². The summed E-state index contributed by atoms with van der Waals surface area (Å²) in [6.07, 6.45) is 0. The Balaban J connectivity index is 2.65. The predicted octanol–water partition coefficient (Wildman–Crippen LogP) is 0.718. The second-order valence-electron chi connectivity index (χ2n) is 4.53. The van der Waals surface area contributed by atoms with Crippen molar-refractivity contribution in [1.29, 1.82) is 0 Å². The largest absolute Gasteiger partial charge is 0.497 e. The van der Waals surface area contributed by atoms with E-state index in [1.165, 1.54) is 0 Å². The van der Waals surface area contributed by atoms with Crippen molar-refractivity contribution >= 4 is 0 Å². The predicted molar refractivity (Wildman–Crippen MR) is 75.8 cm³/mol. The average molecular weight is 268 g/mol. The summed E-state index contributed by atoms with van der Waals surface area (Å²) in [4.78, 5) is 2.07. The summed E-state index contributed by atoms with van der Waals surface area (Å²) in [7, 11) is 5.67. The third kappa shape index (κ3) is 5.92. The van der Waals surface area contributed by atoms with Crippen molar-refractivity contribution < 1.29 is 14.6 Å². The van der Waals surface area contributed by atoms with E-state index >= 15 is 0 Å². The van der Waals surface area contributed by atoms with E-state index in [-0.39, 0.29) is 6.61 Å². The van der Waals surface area contributed by atoms with Crippen LogP contribution in [0.5, 0.6) is 11.5 Å². The van der Waals surface area contributed by atoms with Crippen LogP contribution in [0, 0.1) is 0 Å². The minimum absolute atomic E-state index is 0.132. The fraction of sp³-hybridized carbons (Fsp3) is 0.571. The fourth-order valence-corrected chi connectivity index (χ4v) is 1.58.